The van der Waals surface area contributed by atoms with Crippen LogP contribution < -0.4 is 10.6 Å². The number of nitrogens with one attached hydrogen (secondary N) is 2. The number of phenolic OH excluding ortho intramolecular Hbond substituents is 2. The van der Waals surface area contributed by atoms with Crippen molar-refractivity contribution in [2.45, 2.75) is 0 Å². The Morgan fingerprint density at radius 3 is 1.76 bits per heavy atom. The van der Waals surface area contributed by atoms with Crippen molar-refractivity contribution in [3.05, 3.63) is 65.0 Å². The number of anilines is 4. The predicted molar refractivity (Wildman–Crippen MR) is 91.5 cm³/mol. The van der Waals surface area contributed by atoms with E-state index in [0.717, 1.165) is 0 Å². The smallest absolute Gasteiger partial charge is 0.353 e. The van der Waals surface area contributed by atoms with Gasteiger partial charge in [-0.25, -0.2) is 9.97 Å². The van der Waals surface area contributed by atoms with Gasteiger partial charge in [-0.05, 0) is 24.3 Å². The van der Waals surface area contributed by atoms with E-state index < -0.39 is 4.92 Å². The first kappa shape index (κ1) is 16.0. The zero-order chi connectivity index (χ0) is 17.8. The number of hydrogen-bond acceptors (Lipinski definition) is 8. The molecule has 2 aromatic carbocycles. The van der Waals surface area contributed by atoms with Crippen LogP contribution >= 0.6 is 0 Å². The topological polar surface area (TPSA) is 133 Å². The summed E-state index contributed by atoms with van der Waals surface area (Å²) >= 11 is 0. The summed E-state index contributed by atoms with van der Waals surface area (Å²) in [5, 5.41) is 36.1. The van der Waals surface area contributed by atoms with E-state index in [0.29, 0.717) is 11.4 Å². The third-order valence-corrected chi connectivity index (χ3v) is 3.22. The van der Waals surface area contributed by atoms with Gasteiger partial charge in [0.25, 0.3) is 0 Å². The molecule has 3 aromatic rings. The van der Waals surface area contributed by atoms with Gasteiger partial charge in [-0.3, -0.25) is 10.1 Å². The minimum absolute atomic E-state index is 0.0137. The highest BCUT2D eigenvalue weighted by molar-refractivity contribution is 5.77. The molecule has 9 nitrogen and oxygen atoms in total. The maximum atomic E-state index is 11.5. The Balaban J connectivity index is 1.98. The maximum absolute atomic E-state index is 11.5. The number of phenols is 2. The molecule has 0 aliphatic heterocycles. The third-order valence-electron chi connectivity index (χ3n) is 3.22. The number of benzene rings is 2. The number of aromatic nitrogens is 2. The van der Waals surface area contributed by atoms with Crippen molar-refractivity contribution in [1.82, 2.24) is 9.97 Å². The highest BCUT2D eigenvalue weighted by atomic mass is 16.6. The summed E-state index contributed by atoms with van der Waals surface area (Å²) in [6, 6.07) is 12.2. The molecule has 25 heavy (non-hydrogen) atoms. The van der Waals surface area contributed by atoms with Gasteiger partial charge in [-0.2, -0.15) is 0 Å². The van der Waals surface area contributed by atoms with E-state index in [1.54, 1.807) is 24.3 Å². The average Bonchev–Trinajstić information content (AvgIpc) is 2.55. The van der Waals surface area contributed by atoms with Crippen molar-refractivity contribution < 1.29 is 15.1 Å². The molecule has 1 aromatic heterocycles. The Morgan fingerprint density at radius 2 is 1.36 bits per heavy atom. The van der Waals surface area contributed by atoms with Gasteiger partial charge in [0.1, 0.15) is 17.8 Å². The second-order valence-electron chi connectivity index (χ2n) is 5.03. The fourth-order valence-corrected chi connectivity index (χ4v) is 2.18. The lowest BCUT2D eigenvalue weighted by Gasteiger charge is -2.10. The van der Waals surface area contributed by atoms with E-state index in [1.807, 2.05) is 0 Å². The molecule has 0 atom stereocenters. The summed E-state index contributed by atoms with van der Waals surface area (Å²) in [5.74, 6) is -0.0406. The molecular formula is C16H13N5O4. The average molecular weight is 339 g/mol. The molecule has 126 valence electrons. The van der Waals surface area contributed by atoms with Crippen LogP contribution in [0, 0.1) is 10.1 Å². The number of aromatic hydroxyl groups is 2. The summed E-state index contributed by atoms with van der Waals surface area (Å²) < 4.78 is 0. The monoisotopic (exact) mass is 339 g/mol. The summed E-state index contributed by atoms with van der Waals surface area (Å²) in [6.07, 6.45) is 1.17. The van der Waals surface area contributed by atoms with Crippen LogP contribution in [0.3, 0.4) is 0 Å². The Hall–Kier alpha value is -3.88. The van der Waals surface area contributed by atoms with Gasteiger partial charge in [0, 0.05) is 23.5 Å². The van der Waals surface area contributed by atoms with Crippen LogP contribution in [0.25, 0.3) is 0 Å². The van der Waals surface area contributed by atoms with Crippen molar-refractivity contribution in [3.8, 4) is 11.5 Å². The van der Waals surface area contributed by atoms with Gasteiger partial charge in [0.2, 0.25) is 11.6 Å². The quantitative estimate of drug-likeness (QED) is 0.411. The lowest BCUT2D eigenvalue weighted by molar-refractivity contribution is -0.383. The Labute approximate surface area is 141 Å². The SMILES string of the molecule is O=[N+]([O-])c1c(Nc2cccc(O)c2)ncnc1Nc1cccc(O)c1. The first-order valence-corrected chi connectivity index (χ1v) is 7.14. The molecule has 0 aliphatic rings. The van der Waals surface area contributed by atoms with Crippen molar-refractivity contribution in [1.29, 1.82) is 0 Å². The molecule has 4 N–H and O–H groups in total. The van der Waals surface area contributed by atoms with E-state index in [2.05, 4.69) is 20.6 Å². The summed E-state index contributed by atoms with van der Waals surface area (Å²) in [7, 11) is 0. The Kier molecular flexibility index (Phi) is 4.29. The van der Waals surface area contributed by atoms with Crippen LogP contribution in [0.1, 0.15) is 0 Å². The zero-order valence-electron chi connectivity index (χ0n) is 12.7. The Morgan fingerprint density at radius 1 is 0.880 bits per heavy atom. The zero-order valence-corrected chi connectivity index (χ0v) is 12.7. The first-order chi connectivity index (χ1) is 12.0. The molecule has 0 amide bonds. The normalized spacial score (nSPS) is 10.2. The van der Waals surface area contributed by atoms with Crippen LogP contribution in [0.2, 0.25) is 0 Å². The van der Waals surface area contributed by atoms with Crippen LogP contribution in [0.15, 0.2) is 54.9 Å². The van der Waals surface area contributed by atoms with Gasteiger partial charge < -0.3 is 20.8 Å². The molecule has 1 heterocycles. The Bertz CT molecular complexity index is 866. The molecule has 3 rings (SSSR count). The van der Waals surface area contributed by atoms with Gasteiger partial charge in [-0.1, -0.05) is 12.1 Å². The van der Waals surface area contributed by atoms with Crippen LogP contribution in [0.5, 0.6) is 11.5 Å². The number of rotatable bonds is 5. The van der Waals surface area contributed by atoms with Crippen molar-refractivity contribution >= 4 is 28.7 Å². The summed E-state index contributed by atoms with van der Waals surface area (Å²) in [6.45, 7) is 0. The first-order valence-electron chi connectivity index (χ1n) is 7.14. The van der Waals surface area contributed by atoms with E-state index >= 15 is 0 Å². The molecule has 0 saturated carbocycles. The molecule has 0 aliphatic carbocycles. The molecule has 0 unspecified atom stereocenters. The molecule has 9 heteroatoms. The minimum atomic E-state index is -0.615. The van der Waals surface area contributed by atoms with Crippen molar-refractivity contribution in [2.75, 3.05) is 10.6 Å². The van der Waals surface area contributed by atoms with Gasteiger partial charge in [0.15, 0.2) is 0 Å². The standard InChI is InChI=1S/C16H13N5O4/c22-12-5-1-3-10(7-12)19-15-14(21(24)25)16(18-9-17-15)20-11-4-2-6-13(23)8-11/h1-9,22-23H,(H2,17,18,19,20). The highest BCUT2D eigenvalue weighted by Crippen LogP contribution is 2.33. The van der Waals surface area contributed by atoms with Gasteiger partial charge >= 0.3 is 5.69 Å². The molecular weight excluding hydrogens is 326 g/mol. The van der Waals surface area contributed by atoms with E-state index in [1.165, 1.54) is 30.6 Å². The van der Waals surface area contributed by atoms with Crippen LogP contribution in [0.4, 0.5) is 28.7 Å². The van der Waals surface area contributed by atoms with Gasteiger partial charge in [-0.15, -0.1) is 0 Å². The lowest BCUT2D eigenvalue weighted by atomic mass is 10.3. The summed E-state index contributed by atoms with van der Waals surface area (Å²) in [4.78, 5) is 18.7. The van der Waals surface area contributed by atoms with E-state index in [-0.39, 0.29) is 28.8 Å². The predicted octanol–water partition coefficient (Wildman–Crippen LogP) is 3.28. The highest BCUT2D eigenvalue weighted by Gasteiger charge is 2.23. The molecule has 0 bridgehead atoms. The molecule has 0 radical (unpaired) electrons. The van der Waals surface area contributed by atoms with Crippen molar-refractivity contribution in [3.63, 3.8) is 0 Å². The number of hydrogen-bond donors (Lipinski definition) is 4. The largest absolute Gasteiger partial charge is 0.508 e. The van der Waals surface area contributed by atoms with E-state index in [9.17, 15) is 20.3 Å². The summed E-state index contributed by atoms with van der Waals surface area (Å²) in [5.41, 5.74) is 0.504. The van der Waals surface area contributed by atoms with Crippen LogP contribution in [-0.4, -0.2) is 25.1 Å². The maximum Gasteiger partial charge on any atom is 0.353 e. The number of nitrogens with zero attached hydrogens (tertiary/aromatic N) is 3. The second-order valence-corrected chi connectivity index (χ2v) is 5.03. The fraction of sp³-hybridized carbons (Fsp3) is 0. The fourth-order valence-electron chi connectivity index (χ4n) is 2.18. The van der Waals surface area contributed by atoms with Crippen molar-refractivity contribution in [2.24, 2.45) is 0 Å². The molecule has 0 fully saturated rings. The second kappa shape index (κ2) is 6.71. The van der Waals surface area contributed by atoms with Gasteiger partial charge in [0.05, 0.1) is 4.92 Å². The van der Waals surface area contributed by atoms with E-state index in [4.69, 9.17) is 0 Å². The molecule has 0 saturated heterocycles. The molecule has 0 spiro atoms. The minimum Gasteiger partial charge on any atom is -0.508 e. The van der Waals surface area contributed by atoms with Crippen LogP contribution in [-0.2, 0) is 0 Å². The third kappa shape index (κ3) is 3.72. The lowest BCUT2D eigenvalue weighted by Crippen LogP contribution is -2.05. The number of nitro groups is 1.